The first kappa shape index (κ1) is 29.4. The molecular weight excluding hydrogens is 472 g/mol. The average molecular weight is 531 g/mol. The average Bonchev–Trinajstić information content (AvgIpc) is 3.16. The van der Waals surface area contributed by atoms with Gasteiger partial charge in [0.15, 0.2) is 8.32 Å². The van der Waals surface area contributed by atoms with E-state index in [1.54, 1.807) is 12.5 Å². The molecule has 0 aromatic carbocycles. The number of fused-ring (bicyclic) bond motifs is 5. The molecule has 0 aliphatic heterocycles. The molecule has 4 aliphatic carbocycles. The van der Waals surface area contributed by atoms with E-state index in [0.717, 1.165) is 43.1 Å². The Balaban J connectivity index is 1.48. The topological polar surface area (TPSA) is 35.5 Å². The lowest BCUT2D eigenvalue weighted by atomic mass is 9.47. The van der Waals surface area contributed by atoms with Crippen molar-refractivity contribution in [2.45, 2.75) is 143 Å². The van der Waals surface area contributed by atoms with Gasteiger partial charge < -0.3 is 9.16 Å². The van der Waals surface area contributed by atoms with Crippen LogP contribution in [0.1, 0.15) is 121 Å². The highest BCUT2D eigenvalue weighted by atomic mass is 28.4. The molecule has 0 spiro atoms. The van der Waals surface area contributed by atoms with E-state index in [0.29, 0.717) is 33.4 Å². The van der Waals surface area contributed by atoms with E-state index >= 15 is 0 Å². The van der Waals surface area contributed by atoms with Gasteiger partial charge >= 0.3 is 5.97 Å². The maximum atomic E-state index is 11.6. The second-order valence-electron chi connectivity index (χ2n) is 15.1. The van der Waals surface area contributed by atoms with Gasteiger partial charge in [0.2, 0.25) is 0 Å². The van der Waals surface area contributed by atoms with E-state index in [1.165, 1.54) is 38.5 Å². The molecule has 0 radical (unpaired) electrons. The monoisotopic (exact) mass is 530 g/mol. The maximum absolute atomic E-state index is 11.6. The van der Waals surface area contributed by atoms with Crippen molar-refractivity contribution >= 4 is 14.3 Å². The molecule has 3 saturated carbocycles. The molecule has 0 saturated heterocycles. The van der Waals surface area contributed by atoms with Crippen molar-refractivity contribution in [3.05, 3.63) is 11.6 Å². The molecule has 4 rings (SSSR count). The summed E-state index contributed by atoms with van der Waals surface area (Å²) < 4.78 is 12.8. The number of esters is 1. The number of carbonyl (C=O) groups excluding carboxylic acids is 1. The Hall–Kier alpha value is -0.613. The Morgan fingerprint density at radius 3 is 2.19 bits per heavy atom. The molecule has 2 unspecified atom stereocenters. The summed E-state index contributed by atoms with van der Waals surface area (Å²) in [5, 5.41) is 0. The zero-order valence-corrected chi connectivity index (χ0v) is 26.9. The number of allylic oxidation sites excluding steroid dienone is 1. The smallest absolute Gasteiger partial charge is 0.302 e. The predicted molar refractivity (Wildman–Crippen MR) is 157 cm³/mol. The molecule has 0 amide bonds. The van der Waals surface area contributed by atoms with E-state index in [4.69, 9.17) is 9.16 Å². The van der Waals surface area contributed by atoms with Crippen LogP contribution in [-0.4, -0.2) is 27.0 Å². The SMILES string of the molecule is CC(=O)O[C@H]1CC[C@@]2(C)C(=CCC3C2CC[C@]2(C)[C@@H]([C@H](C)CO[Si](C(C)C)(C(C)C)C(C)C)CC[C@@H]32)C1. The second-order valence-corrected chi connectivity index (χ2v) is 20.5. The molecule has 8 atom stereocenters. The first-order valence-corrected chi connectivity index (χ1v) is 17.9. The second kappa shape index (κ2) is 10.8. The zero-order chi connectivity index (χ0) is 27.3. The molecule has 0 N–H and O–H groups in total. The maximum Gasteiger partial charge on any atom is 0.302 e. The first-order valence-electron chi connectivity index (χ1n) is 15.8. The number of ether oxygens (including phenoxy) is 1. The van der Waals surface area contributed by atoms with Gasteiger partial charge in [0.25, 0.3) is 0 Å². The van der Waals surface area contributed by atoms with Crippen LogP contribution in [0.4, 0.5) is 0 Å². The van der Waals surface area contributed by atoms with Gasteiger partial charge in [0, 0.05) is 20.0 Å². The van der Waals surface area contributed by atoms with Crippen molar-refractivity contribution < 1.29 is 14.0 Å². The van der Waals surface area contributed by atoms with Crippen molar-refractivity contribution in [1.82, 2.24) is 0 Å². The highest BCUT2D eigenvalue weighted by Crippen LogP contribution is 2.67. The van der Waals surface area contributed by atoms with Crippen molar-refractivity contribution in [1.29, 1.82) is 0 Å². The molecule has 3 nitrogen and oxygen atoms in total. The lowest BCUT2D eigenvalue weighted by Gasteiger charge is -2.58. The van der Waals surface area contributed by atoms with Crippen molar-refractivity contribution in [3.63, 3.8) is 0 Å². The zero-order valence-electron chi connectivity index (χ0n) is 25.9. The molecule has 0 heterocycles. The van der Waals surface area contributed by atoms with Crippen LogP contribution in [0.15, 0.2) is 11.6 Å². The van der Waals surface area contributed by atoms with E-state index < -0.39 is 8.32 Å². The van der Waals surface area contributed by atoms with E-state index in [1.807, 2.05) is 0 Å². The van der Waals surface area contributed by atoms with Gasteiger partial charge in [-0.3, -0.25) is 4.79 Å². The molecule has 0 aromatic rings. The van der Waals surface area contributed by atoms with Crippen molar-refractivity contribution in [2.75, 3.05) is 6.61 Å². The van der Waals surface area contributed by atoms with Crippen molar-refractivity contribution in [3.8, 4) is 0 Å². The first-order chi connectivity index (χ1) is 17.3. The number of hydrogen-bond donors (Lipinski definition) is 0. The Kier molecular flexibility index (Phi) is 8.53. The number of hydrogen-bond acceptors (Lipinski definition) is 3. The molecule has 4 heteroatoms. The number of carbonyl (C=O) groups is 1. The summed E-state index contributed by atoms with van der Waals surface area (Å²) in [7, 11) is -1.82. The summed E-state index contributed by atoms with van der Waals surface area (Å²) in [5.41, 5.74) is 4.33. The van der Waals surface area contributed by atoms with E-state index in [9.17, 15) is 4.79 Å². The van der Waals surface area contributed by atoms with Gasteiger partial charge in [-0.2, -0.15) is 0 Å². The van der Waals surface area contributed by atoms with Crippen LogP contribution < -0.4 is 0 Å². The van der Waals surface area contributed by atoms with Crippen molar-refractivity contribution in [2.24, 2.45) is 40.4 Å². The van der Waals surface area contributed by atoms with Crippen LogP contribution in [0.2, 0.25) is 16.6 Å². The van der Waals surface area contributed by atoms with Gasteiger partial charge in [0.05, 0.1) is 0 Å². The van der Waals surface area contributed by atoms with Crippen LogP contribution in [-0.2, 0) is 14.0 Å². The molecule has 3 fully saturated rings. The molecule has 212 valence electrons. The van der Waals surface area contributed by atoms with Crippen LogP contribution >= 0.6 is 0 Å². The molecule has 37 heavy (non-hydrogen) atoms. The highest BCUT2D eigenvalue weighted by Gasteiger charge is 2.59. The minimum atomic E-state index is -1.82. The van der Waals surface area contributed by atoms with Gasteiger partial charge in [-0.05, 0) is 102 Å². The van der Waals surface area contributed by atoms with Crippen LogP contribution in [0.25, 0.3) is 0 Å². The fourth-order valence-corrected chi connectivity index (χ4v) is 16.4. The molecule has 0 aromatic heterocycles. The fraction of sp³-hybridized carbons (Fsp3) is 0.909. The Morgan fingerprint density at radius 1 is 0.946 bits per heavy atom. The summed E-state index contributed by atoms with van der Waals surface area (Å²) >= 11 is 0. The normalized spacial score (nSPS) is 38.7. The third-order valence-electron chi connectivity index (χ3n) is 12.5. The van der Waals surface area contributed by atoms with E-state index in [-0.39, 0.29) is 12.1 Å². The van der Waals surface area contributed by atoms with Gasteiger partial charge in [0.1, 0.15) is 6.10 Å². The lowest BCUT2D eigenvalue weighted by molar-refractivity contribution is -0.148. The summed E-state index contributed by atoms with van der Waals surface area (Å²) in [6.07, 6.45) is 12.6. The molecule has 4 aliphatic rings. The standard InChI is InChI=1S/C33H58O3Si/c1-21(2)37(22(3)4,23(5)6)35-20-24(7)29-13-14-30-28-12-11-26-19-27(36-25(8)34)15-17-32(26,9)31(28)16-18-33(29,30)10/h11,21-24,27-31H,12-20H2,1-10H3/t24-,27+,28?,29-,30+,31?,32+,33-/m1/s1. The summed E-state index contributed by atoms with van der Waals surface area (Å²) in [5.74, 6) is 3.78. The largest absolute Gasteiger partial charge is 0.462 e. The Labute approximate surface area is 230 Å². The minimum Gasteiger partial charge on any atom is -0.462 e. The van der Waals surface area contributed by atoms with Gasteiger partial charge in [-0.15, -0.1) is 0 Å². The summed E-state index contributed by atoms with van der Waals surface area (Å²) in [6.45, 7) is 24.7. The lowest BCUT2D eigenvalue weighted by Crippen LogP contribution is -2.52. The Morgan fingerprint density at radius 2 is 1.59 bits per heavy atom. The van der Waals surface area contributed by atoms with Crippen LogP contribution in [0.3, 0.4) is 0 Å². The minimum absolute atomic E-state index is 0.0946. The summed E-state index contributed by atoms with van der Waals surface area (Å²) in [4.78, 5) is 11.6. The molecular formula is C33H58O3Si. The van der Waals surface area contributed by atoms with Gasteiger partial charge in [-0.25, -0.2) is 0 Å². The van der Waals surface area contributed by atoms with Gasteiger partial charge in [-0.1, -0.05) is 74.0 Å². The van der Waals surface area contributed by atoms with Crippen LogP contribution in [0.5, 0.6) is 0 Å². The number of rotatable bonds is 8. The third-order valence-corrected chi connectivity index (χ3v) is 18.5. The summed E-state index contributed by atoms with van der Waals surface area (Å²) in [6, 6.07) is 0. The third kappa shape index (κ3) is 4.94. The quantitative estimate of drug-likeness (QED) is 0.178. The fourth-order valence-electron chi connectivity index (χ4n) is 10.8. The molecule has 0 bridgehead atoms. The Bertz CT molecular complexity index is 840. The van der Waals surface area contributed by atoms with E-state index in [2.05, 4.69) is 68.4 Å². The predicted octanol–water partition coefficient (Wildman–Crippen LogP) is 9.33. The highest BCUT2D eigenvalue weighted by molar-refractivity contribution is 6.77. The van der Waals surface area contributed by atoms with Crippen LogP contribution in [0, 0.1) is 40.4 Å².